The maximum atomic E-state index is 12.7. The average Bonchev–Trinajstić information content (AvgIpc) is 3.04. The predicted octanol–water partition coefficient (Wildman–Crippen LogP) is 4.14. The number of benzene rings is 1. The Balaban J connectivity index is 1.66. The van der Waals surface area contributed by atoms with Gasteiger partial charge in [-0.05, 0) is 76.3 Å². The first-order chi connectivity index (χ1) is 15.2. The van der Waals surface area contributed by atoms with E-state index in [2.05, 4.69) is 24.3 Å². The van der Waals surface area contributed by atoms with E-state index in [1.54, 1.807) is 4.90 Å². The van der Waals surface area contributed by atoms with E-state index in [4.69, 9.17) is 9.84 Å². The first-order valence-corrected chi connectivity index (χ1v) is 12.1. The van der Waals surface area contributed by atoms with E-state index in [1.165, 1.54) is 11.1 Å². The monoisotopic (exact) mass is 444 g/mol. The second-order valence-corrected chi connectivity index (χ2v) is 10.5. The van der Waals surface area contributed by atoms with Gasteiger partial charge >= 0.3 is 6.09 Å². The topological polar surface area (TPSA) is 70.1 Å². The number of hydrogen-bond acceptors (Lipinski definition) is 4. The van der Waals surface area contributed by atoms with Crippen LogP contribution in [0.15, 0.2) is 24.3 Å². The molecule has 1 atom stereocenters. The molecule has 1 aliphatic carbocycles. The van der Waals surface area contributed by atoms with Gasteiger partial charge in [0.05, 0.1) is 0 Å². The van der Waals surface area contributed by atoms with Gasteiger partial charge in [0.1, 0.15) is 5.60 Å². The van der Waals surface area contributed by atoms with Crippen LogP contribution in [0.4, 0.5) is 4.79 Å². The van der Waals surface area contributed by atoms with Crippen LogP contribution in [-0.4, -0.2) is 65.8 Å². The highest BCUT2D eigenvalue weighted by Crippen LogP contribution is 2.51. The summed E-state index contributed by atoms with van der Waals surface area (Å²) in [7, 11) is 1.86. The molecule has 178 valence electrons. The number of unbranched alkanes of at least 4 members (excludes halogenated alkanes) is 1. The SMILES string of the molecule is CN(CCCCO)C(=O)CCC1Cc2ccccc2C12CCN(C(=O)OC(C)(C)C)CC2. The van der Waals surface area contributed by atoms with Crippen molar-refractivity contribution in [1.82, 2.24) is 9.80 Å². The van der Waals surface area contributed by atoms with Gasteiger partial charge in [-0.25, -0.2) is 4.79 Å². The zero-order chi connectivity index (χ0) is 23.4. The molecule has 1 saturated heterocycles. The number of fused-ring (bicyclic) bond motifs is 2. The van der Waals surface area contributed by atoms with Crippen molar-refractivity contribution >= 4 is 12.0 Å². The van der Waals surface area contributed by atoms with Crippen LogP contribution in [0, 0.1) is 5.92 Å². The summed E-state index contributed by atoms with van der Waals surface area (Å²) >= 11 is 0. The smallest absolute Gasteiger partial charge is 0.410 e. The summed E-state index contributed by atoms with van der Waals surface area (Å²) in [5.74, 6) is 0.593. The highest BCUT2D eigenvalue weighted by molar-refractivity contribution is 5.75. The lowest BCUT2D eigenvalue weighted by atomic mass is 9.67. The van der Waals surface area contributed by atoms with Gasteiger partial charge in [-0.15, -0.1) is 0 Å². The van der Waals surface area contributed by atoms with Crippen LogP contribution in [0.25, 0.3) is 0 Å². The van der Waals surface area contributed by atoms with Gasteiger partial charge in [-0.3, -0.25) is 4.79 Å². The molecule has 6 nitrogen and oxygen atoms in total. The molecule has 0 bridgehead atoms. The summed E-state index contributed by atoms with van der Waals surface area (Å²) in [6, 6.07) is 8.69. The van der Waals surface area contributed by atoms with Gasteiger partial charge < -0.3 is 19.6 Å². The lowest BCUT2D eigenvalue weighted by molar-refractivity contribution is -0.130. The molecule has 1 heterocycles. The van der Waals surface area contributed by atoms with E-state index in [0.717, 1.165) is 38.5 Å². The Labute approximate surface area is 192 Å². The van der Waals surface area contributed by atoms with Crippen molar-refractivity contribution in [3.05, 3.63) is 35.4 Å². The number of piperidine rings is 1. The van der Waals surface area contributed by atoms with Gasteiger partial charge in [0.15, 0.2) is 0 Å². The number of likely N-dealkylation sites (tertiary alicyclic amines) is 1. The Hall–Kier alpha value is -2.08. The van der Waals surface area contributed by atoms with E-state index < -0.39 is 5.60 Å². The molecular formula is C26H40N2O4. The Morgan fingerprint density at radius 1 is 1.19 bits per heavy atom. The summed E-state index contributed by atoms with van der Waals surface area (Å²) in [6.07, 6.45) is 5.57. The number of aliphatic hydroxyl groups excluding tert-OH is 1. The van der Waals surface area contributed by atoms with Crippen molar-refractivity contribution < 1.29 is 19.4 Å². The summed E-state index contributed by atoms with van der Waals surface area (Å²) < 4.78 is 5.59. The third kappa shape index (κ3) is 5.64. The second-order valence-electron chi connectivity index (χ2n) is 10.5. The highest BCUT2D eigenvalue weighted by atomic mass is 16.6. The highest BCUT2D eigenvalue weighted by Gasteiger charge is 2.48. The van der Waals surface area contributed by atoms with Crippen LogP contribution < -0.4 is 0 Å². The van der Waals surface area contributed by atoms with Gasteiger partial charge in [0.25, 0.3) is 0 Å². The van der Waals surface area contributed by atoms with Gasteiger partial charge in [-0.2, -0.15) is 0 Å². The summed E-state index contributed by atoms with van der Waals surface area (Å²) in [5, 5.41) is 8.96. The molecule has 0 saturated carbocycles. The van der Waals surface area contributed by atoms with Crippen LogP contribution >= 0.6 is 0 Å². The molecule has 0 aromatic heterocycles. The molecule has 3 rings (SSSR count). The van der Waals surface area contributed by atoms with E-state index in [9.17, 15) is 9.59 Å². The van der Waals surface area contributed by atoms with E-state index in [-0.39, 0.29) is 24.0 Å². The second kappa shape index (κ2) is 10.2. The molecule has 2 aliphatic rings. The third-order valence-corrected chi connectivity index (χ3v) is 7.14. The maximum Gasteiger partial charge on any atom is 0.410 e. The summed E-state index contributed by atoms with van der Waals surface area (Å²) in [4.78, 5) is 28.9. The van der Waals surface area contributed by atoms with Crippen LogP contribution in [0.1, 0.15) is 70.4 Å². The Morgan fingerprint density at radius 3 is 2.53 bits per heavy atom. The van der Waals surface area contributed by atoms with Crippen LogP contribution in [0.5, 0.6) is 0 Å². The minimum atomic E-state index is -0.488. The van der Waals surface area contributed by atoms with E-state index in [0.29, 0.717) is 32.0 Å². The average molecular weight is 445 g/mol. The van der Waals surface area contributed by atoms with E-state index >= 15 is 0 Å². The number of rotatable bonds is 7. The van der Waals surface area contributed by atoms with E-state index in [1.807, 2.05) is 32.7 Å². The summed E-state index contributed by atoms with van der Waals surface area (Å²) in [5.41, 5.74) is 2.35. The van der Waals surface area contributed by atoms with Gasteiger partial charge in [0, 0.05) is 45.1 Å². The van der Waals surface area contributed by atoms with Crippen molar-refractivity contribution in [3.63, 3.8) is 0 Å². The van der Waals surface area contributed by atoms with Crippen molar-refractivity contribution in [2.75, 3.05) is 33.3 Å². The Bertz CT molecular complexity index is 793. The maximum absolute atomic E-state index is 12.7. The Kier molecular flexibility index (Phi) is 7.86. The molecular weight excluding hydrogens is 404 g/mol. The molecule has 1 fully saturated rings. The third-order valence-electron chi connectivity index (χ3n) is 7.14. The zero-order valence-electron chi connectivity index (χ0n) is 20.2. The summed E-state index contributed by atoms with van der Waals surface area (Å²) in [6.45, 7) is 7.95. The quantitative estimate of drug-likeness (QED) is 0.642. The number of amides is 2. The predicted molar refractivity (Wildman–Crippen MR) is 126 cm³/mol. The minimum Gasteiger partial charge on any atom is -0.444 e. The normalized spacial score (nSPS) is 19.7. The number of ether oxygens (including phenoxy) is 1. The minimum absolute atomic E-state index is 0.0326. The molecule has 1 N–H and O–H groups in total. The van der Waals surface area contributed by atoms with Crippen molar-refractivity contribution in [1.29, 1.82) is 0 Å². The zero-order valence-corrected chi connectivity index (χ0v) is 20.2. The number of hydrogen-bond donors (Lipinski definition) is 1. The van der Waals surface area contributed by atoms with Crippen molar-refractivity contribution in [3.8, 4) is 0 Å². The molecule has 1 aliphatic heterocycles. The molecule has 0 radical (unpaired) electrons. The molecule has 1 aromatic carbocycles. The Morgan fingerprint density at radius 2 is 1.88 bits per heavy atom. The first-order valence-electron chi connectivity index (χ1n) is 12.1. The van der Waals surface area contributed by atoms with Gasteiger partial charge in [0.2, 0.25) is 5.91 Å². The number of nitrogens with zero attached hydrogens (tertiary/aromatic N) is 2. The number of carbonyl (C=O) groups excluding carboxylic acids is 2. The fourth-order valence-electron chi connectivity index (χ4n) is 5.41. The van der Waals surface area contributed by atoms with Crippen LogP contribution in [-0.2, 0) is 21.4 Å². The number of aliphatic hydroxyl groups is 1. The largest absolute Gasteiger partial charge is 0.444 e. The lowest BCUT2D eigenvalue weighted by Gasteiger charge is -2.44. The van der Waals surface area contributed by atoms with Gasteiger partial charge in [-0.1, -0.05) is 24.3 Å². The fourth-order valence-corrected chi connectivity index (χ4v) is 5.41. The van der Waals surface area contributed by atoms with Crippen molar-refractivity contribution in [2.24, 2.45) is 5.92 Å². The lowest BCUT2D eigenvalue weighted by Crippen LogP contribution is -2.48. The molecule has 1 spiro atoms. The molecule has 1 unspecified atom stereocenters. The standard InChI is InChI=1S/C26H40N2O4/c1-25(2,3)32-24(31)28-16-13-26(14-17-28)21(19-20-9-5-6-10-22(20)26)11-12-23(30)27(4)15-7-8-18-29/h5-6,9-10,21,29H,7-8,11-19H2,1-4H3. The fraction of sp³-hybridized carbons (Fsp3) is 0.692. The molecule has 2 amide bonds. The molecule has 32 heavy (non-hydrogen) atoms. The molecule has 6 heteroatoms. The van der Waals surface area contributed by atoms with Crippen molar-refractivity contribution in [2.45, 2.75) is 76.7 Å². The van der Waals surface area contributed by atoms with Crippen LogP contribution in [0.3, 0.4) is 0 Å². The first kappa shape index (κ1) is 24.6. The molecule has 1 aromatic rings. The number of carbonyl (C=O) groups is 2. The van der Waals surface area contributed by atoms with Crippen LogP contribution in [0.2, 0.25) is 0 Å².